The van der Waals surface area contributed by atoms with Crippen LogP contribution in [0, 0.1) is 0 Å². The molecular formula is C7H5F2NO2. The molecule has 0 saturated carbocycles. The van der Waals surface area contributed by atoms with Gasteiger partial charge in [-0.3, -0.25) is 4.79 Å². The number of nitrogens with zero attached hydrogens (tertiary/aromatic N) is 1. The Kier molecular flexibility index (Phi) is 1.31. The molecule has 5 heteroatoms. The lowest BCUT2D eigenvalue weighted by Crippen LogP contribution is -2.09. The monoisotopic (exact) mass is 173 g/mol. The number of hydrogen-bond donors (Lipinski definition) is 0. The number of carbonyl (C=O) groups is 1. The summed E-state index contributed by atoms with van der Waals surface area (Å²) in [6.45, 7) is 0. The molecule has 1 heterocycles. The summed E-state index contributed by atoms with van der Waals surface area (Å²) >= 11 is 0. The van der Waals surface area contributed by atoms with Crippen LogP contribution in [0.4, 0.5) is 8.78 Å². The Morgan fingerprint density at radius 3 is 3.00 bits per heavy atom. The van der Waals surface area contributed by atoms with Gasteiger partial charge in [0.05, 0.1) is 5.56 Å². The summed E-state index contributed by atoms with van der Waals surface area (Å²) in [4.78, 5) is 10.3. The van der Waals surface area contributed by atoms with Gasteiger partial charge in [0.1, 0.15) is 5.76 Å². The fraction of sp³-hybridized carbons (Fsp3) is 0.429. The Labute approximate surface area is 66.3 Å². The molecule has 0 aromatic carbocycles. The minimum atomic E-state index is -2.94. The van der Waals surface area contributed by atoms with Gasteiger partial charge < -0.3 is 4.52 Å². The van der Waals surface area contributed by atoms with Gasteiger partial charge >= 0.3 is 0 Å². The number of carbonyl (C=O) groups excluding carboxylic acids is 1. The van der Waals surface area contributed by atoms with Gasteiger partial charge in [-0.05, 0) is 0 Å². The third-order valence-corrected chi connectivity index (χ3v) is 1.93. The summed E-state index contributed by atoms with van der Waals surface area (Å²) in [7, 11) is 0. The van der Waals surface area contributed by atoms with E-state index in [0.29, 0.717) is 6.29 Å². The highest BCUT2D eigenvalue weighted by molar-refractivity contribution is 5.75. The molecular weight excluding hydrogens is 168 g/mol. The molecule has 0 fully saturated rings. The highest BCUT2D eigenvalue weighted by Gasteiger charge is 2.45. The van der Waals surface area contributed by atoms with Gasteiger partial charge in [-0.1, -0.05) is 5.16 Å². The molecule has 1 aromatic rings. The van der Waals surface area contributed by atoms with Crippen LogP contribution in [0.1, 0.15) is 28.2 Å². The number of aromatic nitrogens is 1. The Bertz CT molecular complexity index is 332. The van der Waals surface area contributed by atoms with E-state index in [9.17, 15) is 13.6 Å². The molecule has 64 valence electrons. The van der Waals surface area contributed by atoms with Crippen LogP contribution in [0.15, 0.2) is 4.52 Å². The third-order valence-electron chi connectivity index (χ3n) is 1.93. The van der Waals surface area contributed by atoms with Crippen molar-refractivity contribution in [2.75, 3.05) is 0 Å². The highest BCUT2D eigenvalue weighted by Crippen LogP contribution is 2.42. The summed E-state index contributed by atoms with van der Waals surface area (Å²) in [5.41, 5.74) is -0.593. The first kappa shape index (κ1) is 7.39. The maximum atomic E-state index is 13.0. The van der Waals surface area contributed by atoms with E-state index < -0.39 is 5.92 Å². The van der Waals surface area contributed by atoms with Crippen molar-refractivity contribution in [3.05, 3.63) is 17.0 Å². The van der Waals surface area contributed by atoms with E-state index in [-0.39, 0.29) is 29.9 Å². The van der Waals surface area contributed by atoms with Gasteiger partial charge in [-0.25, -0.2) is 8.78 Å². The topological polar surface area (TPSA) is 43.1 Å². The lowest BCUT2D eigenvalue weighted by atomic mass is 10.1. The Morgan fingerprint density at radius 2 is 2.33 bits per heavy atom. The maximum Gasteiger partial charge on any atom is 0.279 e. The van der Waals surface area contributed by atoms with Crippen LogP contribution < -0.4 is 0 Å². The molecule has 0 saturated heterocycles. The van der Waals surface area contributed by atoms with E-state index >= 15 is 0 Å². The van der Waals surface area contributed by atoms with Crippen molar-refractivity contribution < 1.29 is 18.1 Å². The van der Waals surface area contributed by atoms with Crippen LogP contribution >= 0.6 is 0 Å². The molecule has 0 aliphatic heterocycles. The Morgan fingerprint density at radius 1 is 1.58 bits per heavy atom. The fourth-order valence-electron chi connectivity index (χ4n) is 1.38. The number of aryl methyl sites for hydroxylation is 1. The minimum Gasteiger partial charge on any atom is -0.360 e. The van der Waals surface area contributed by atoms with Crippen LogP contribution in [0.2, 0.25) is 0 Å². The molecule has 0 bridgehead atoms. The highest BCUT2D eigenvalue weighted by atomic mass is 19.3. The molecule has 0 N–H and O–H groups in total. The second-order valence-corrected chi connectivity index (χ2v) is 2.69. The molecule has 1 aromatic heterocycles. The molecule has 0 atom stereocenters. The van der Waals surface area contributed by atoms with Crippen molar-refractivity contribution in [2.45, 2.75) is 18.8 Å². The molecule has 12 heavy (non-hydrogen) atoms. The number of fused-ring (bicyclic) bond motifs is 1. The smallest absolute Gasteiger partial charge is 0.279 e. The number of halogens is 2. The van der Waals surface area contributed by atoms with Crippen molar-refractivity contribution in [3.63, 3.8) is 0 Å². The zero-order valence-corrected chi connectivity index (χ0v) is 6.01. The fourth-order valence-corrected chi connectivity index (χ4v) is 1.38. The summed E-state index contributed by atoms with van der Waals surface area (Å²) in [5, 5.41) is 3.23. The van der Waals surface area contributed by atoms with E-state index in [1.165, 1.54) is 0 Å². The van der Waals surface area contributed by atoms with E-state index in [4.69, 9.17) is 0 Å². The molecule has 0 spiro atoms. The summed E-state index contributed by atoms with van der Waals surface area (Å²) in [6.07, 6.45) is 0.162. The molecule has 0 radical (unpaired) electrons. The number of hydrogen-bond acceptors (Lipinski definition) is 3. The molecule has 2 rings (SSSR count). The second kappa shape index (κ2) is 2.12. The van der Waals surface area contributed by atoms with Crippen molar-refractivity contribution in [3.8, 4) is 0 Å². The first-order valence-electron chi connectivity index (χ1n) is 3.47. The van der Waals surface area contributed by atoms with Crippen LogP contribution in [0.5, 0.6) is 0 Å². The standard InChI is InChI=1S/C7H5F2NO2/c8-7(9)2-1-5-6(7)4(3-11)10-12-5/h3H,1-2H2. The zero-order valence-electron chi connectivity index (χ0n) is 6.01. The van der Waals surface area contributed by atoms with Crippen molar-refractivity contribution in [2.24, 2.45) is 0 Å². The van der Waals surface area contributed by atoms with Crippen molar-refractivity contribution in [1.82, 2.24) is 5.16 Å². The predicted molar refractivity (Wildman–Crippen MR) is 34.1 cm³/mol. The Balaban J connectivity index is 2.60. The van der Waals surface area contributed by atoms with Crippen LogP contribution in [0.25, 0.3) is 0 Å². The van der Waals surface area contributed by atoms with Gasteiger partial charge in [0, 0.05) is 12.8 Å². The van der Waals surface area contributed by atoms with E-state index in [1.807, 2.05) is 0 Å². The van der Waals surface area contributed by atoms with Gasteiger partial charge in [0.15, 0.2) is 12.0 Å². The third kappa shape index (κ3) is 0.790. The zero-order chi connectivity index (χ0) is 8.77. The maximum absolute atomic E-state index is 13.0. The Hall–Kier alpha value is -1.26. The van der Waals surface area contributed by atoms with Crippen LogP contribution in [-0.2, 0) is 12.3 Å². The van der Waals surface area contributed by atoms with Gasteiger partial charge in [0.25, 0.3) is 5.92 Å². The number of aldehydes is 1. The lowest BCUT2D eigenvalue weighted by Gasteiger charge is -2.06. The predicted octanol–water partition coefficient (Wildman–Crippen LogP) is 1.53. The average molecular weight is 173 g/mol. The first-order chi connectivity index (χ1) is 5.65. The molecule has 0 unspecified atom stereocenters. The first-order valence-corrected chi connectivity index (χ1v) is 3.47. The van der Waals surface area contributed by atoms with Crippen molar-refractivity contribution in [1.29, 1.82) is 0 Å². The molecule has 3 nitrogen and oxygen atoms in total. The van der Waals surface area contributed by atoms with Gasteiger partial charge in [0.2, 0.25) is 0 Å². The summed E-state index contributed by atoms with van der Waals surface area (Å²) in [5.74, 6) is -2.80. The molecule has 1 aliphatic rings. The van der Waals surface area contributed by atoms with E-state index in [2.05, 4.69) is 9.68 Å². The van der Waals surface area contributed by atoms with E-state index in [0.717, 1.165) is 0 Å². The largest absolute Gasteiger partial charge is 0.360 e. The van der Waals surface area contributed by atoms with Crippen LogP contribution in [-0.4, -0.2) is 11.4 Å². The average Bonchev–Trinajstić information content (AvgIpc) is 2.53. The summed E-state index contributed by atoms with van der Waals surface area (Å²) < 4.78 is 30.5. The number of alkyl halides is 2. The van der Waals surface area contributed by atoms with Crippen molar-refractivity contribution >= 4 is 6.29 Å². The molecule has 0 amide bonds. The summed E-state index contributed by atoms with van der Waals surface area (Å²) in [6, 6.07) is 0. The molecule has 1 aliphatic carbocycles. The second-order valence-electron chi connectivity index (χ2n) is 2.69. The van der Waals surface area contributed by atoms with Gasteiger partial charge in [-0.15, -0.1) is 0 Å². The normalized spacial score (nSPS) is 19.2. The van der Waals surface area contributed by atoms with Crippen LogP contribution in [0.3, 0.4) is 0 Å². The van der Waals surface area contributed by atoms with E-state index in [1.54, 1.807) is 0 Å². The number of rotatable bonds is 1. The lowest BCUT2D eigenvalue weighted by molar-refractivity contribution is -0.00261. The quantitative estimate of drug-likeness (QED) is 0.604. The SMILES string of the molecule is O=Cc1noc2c1C(F)(F)CC2. The van der Waals surface area contributed by atoms with Gasteiger partial charge in [-0.2, -0.15) is 0 Å². The minimum absolute atomic E-state index is 0.141.